The van der Waals surface area contributed by atoms with Gasteiger partial charge in [0.1, 0.15) is 0 Å². The molecule has 0 unspecified atom stereocenters. The first kappa shape index (κ1) is 11.4. The molecule has 0 radical (unpaired) electrons. The summed E-state index contributed by atoms with van der Waals surface area (Å²) in [6, 6.07) is -0.808. The summed E-state index contributed by atoms with van der Waals surface area (Å²) in [7, 11) is -3.14. The van der Waals surface area contributed by atoms with Gasteiger partial charge in [0.15, 0.2) is 9.84 Å². The molecule has 2 aliphatic rings. The Labute approximate surface area is 93.9 Å². The van der Waals surface area contributed by atoms with Crippen molar-refractivity contribution in [3.8, 4) is 0 Å². The largest absolute Gasteiger partial charge is 0.349 e. The lowest BCUT2D eigenvalue weighted by Gasteiger charge is -2.36. The van der Waals surface area contributed by atoms with Crippen molar-refractivity contribution in [1.82, 2.24) is 10.2 Å². The fourth-order valence-electron chi connectivity index (χ4n) is 2.27. The van der Waals surface area contributed by atoms with E-state index in [1.807, 2.05) is 0 Å². The first-order chi connectivity index (χ1) is 7.43. The van der Waals surface area contributed by atoms with Crippen LogP contribution < -0.4 is 5.32 Å². The Morgan fingerprint density at radius 2 is 2.19 bits per heavy atom. The van der Waals surface area contributed by atoms with Gasteiger partial charge in [0.05, 0.1) is 30.1 Å². The highest BCUT2D eigenvalue weighted by Gasteiger charge is 2.46. The zero-order valence-electron chi connectivity index (χ0n) is 8.97. The Balaban J connectivity index is 2.26. The van der Waals surface area contributed by atoms with Crippen LogP contribution in [0.5, 0.6) is 0 Å². The summed E-state index contributed by atoms with van der Waals surface area (Å²) in [6.07, 6.45) is 0.288. The Morgan fingerprint density at radius 1 is 1.50 bits per heavy atom. The molecule has 0 aromatic heterocycles. The minimum absolute atomic E-state index is 0.0244. The van der Waals surface area contributed by atoms with E-state index < -0.39 is 15.9 Å². The van der Waals surface area contributed by atoms with Gasteiger partial charge >= 0.3 is 0 Å². The molecule has 0 saturated carbocycles. The maximum Gasteiger partial charge on any atom is 0.239 e. The minimum Gasteiger partial charge on any atom is -0.349 e. The van der Waals surface area contributed by atoms with Crippen LogP contribution in [0.25, 0.3) is 0 Å². The number of piperazine rings is 1. The number of nitrogens with zero attached hydrogens (tertiary/aromatic N) is 1. The number of rotatable bonds is 1. The number of hydrogen-bond acceptors (Lipinski definition) is 4. The van der Waals surface area contributed by atoms with E-state index in [2.05, 4.69) is 5.32 Å². The summed E-state index contributed by atoms with van der Waals surface area (Å²) in [4.78, 5) is 24.4. The highest BCUT2D eigenvalue weighted by Crippen LogP contribution is 2.22. The van der Waals surface area contributed by atoms with E-state index in [1.54, 1.807) is 6.92 Å². The maximum absolute atomic E-state index is 11.6. The minimum atomic E-state index is -3.14. The van der Waals surface area contributed by atoms with Gasteiger partial charge in [-0.1, -0.05) is 6.92 Å². The molecule has 2 saturated heterocycles. The van der Waals surface area contributed by atoms with Gasteiger partial charge in [-0.05, 0) is 0 Å². The standard InChI is InChI=1S/C9H14N2O4S/c1-2-9(13)11-3-8(12)10-6-4-16(14,15)5-7(6)11/h6-7H,2-5H2,1H3,(H,10,12)/t6-,7-/m1/s1. The normalized spacial score (nSPS) is 32.1. The molecule has 2 aliphatic heterocycles. The Morgan fingerprint density at radius 3 is 2.81 bits per heavy atom. The van der Waals surface area contributed by atoms with Crippen molar-refractivity contribution in [2.45, 2.75) is 25.4 Å². The van der Waals surface area contributed by atoms with Crippen molar-refractivity contribution in [1.29, 1.82) is 0 Å². The van der Waals surface area contributed by atoms with Crippen LogP contribution in [0.15, 0.2) is 0 Å². The third-order valence-electron chi connectivity index (χ3n) is 3.01. The van der Waals surface area contributed by atoms with Crippen molar-refractivity contribution < 1.29 is 18.0 Å². The van der Waals surface area contributed by atoms with Crippen molar-refractivity contribution in [3.05, 3.63) is 0 Å². The van der Waals surface area contributed by atoms with E-state index in [0.717, 1.165) is 0 Å². The Hall–Kier alpha value is -1.11. The second-order valence-corrected chi connectivity index (χ2v) is 6.35. The summed E-state index contributed by atoms with van der Waals surface area (Å²) in [6.45, 7) is 1.68. The summed E-state index contributed by atoms with van der Waals surface area (Å²) in [5.74, 6) is -0.539. The lowest BCUT2D eigenvalue weighted by Crippen LogP contribution is -2.61. The van der Waals surface area contributed by atoms with E-state index in [0.29, 0.717) is 0 Å². The third kappa shape index (κ3) is 1.91. The first-order valence-corrected chi connectivity index (χ1v) is 7.04. The van der Waals surface area contributed by atoms with Gasteiger partial charge in [0.25, 0.3) is 0 Å². The number of nitrogens with one attached hydrogen (secondary N) is 1. The van der Waals surface area contributed by atoms with Gasteiger partial charge in [-0.15, -0.1) is 0 Å². The molecular weight excluding hydrogens is 232 g/mol. The van der Waals surface area contributed by atoms with Gasteiger partial charge < -0.3 is 10.2 Å². The van der Waals surface area contributed by atoms with Crippen LogP contribution in [-0.2, 0) is 19.4 Å². The average molecular weight is 246 g/mol. The van der Waals surface area contributed by atoms with E-state index >= 15 is 0 Å². The quantitative estimate of drug-likeness (QED) is 0.611. The van der Waals surface area contributed by atoms with Crippen LogP contribution >= 0.6 is 0 Å². The van der Waals surface area contributed by atoms with Crippen LogP contribution in [0.4, 0.5) is 0 Å². The van der Waals surface area contributed by atoms with Gasteiger partial charge in [0.2, 0.25) is 11.8 Å². The van der Waals surface area contributed by atoms with Gasteiger partial charge in [-0.25, -0.2) is 8.42 Å². The topological polar surface area (TPSA) is 83.6 Å². The van der Waals surface area contributed by atoms with Crippen molar-refractivity contribution in [2.24, 2.45) is 0 Å². The van der Waals surface area contributed by atoms with Crippen LogP contribution in [0.3, 0.4) is 0 Å². The van der Waals surface area contributed by atoms with Crippen LogP contribution in [0.1, 0.15) is 13.3 Å². The van der Waals surface area contributed by atoms with E-state index in [9.17, 15) is 18.0 Å². The highest BCUT2D eigenvalue weighted by atomic mass is 32.2. The second kappa shape index (κ2) is 3.73. The highest BCUT2D eigenvalue weighted by molar-refractivity contribution is 7.91. The number of fused-ring (bicyclic) bond motifs is 1. The predicted molar refractivity (Wildman–Crippen MR) is 56.4 cm³/mol. The molecular formula is C9H14N2O4S. The molecule has 1 N–H and O–H groups in total. The van der Waals surface area contributed by atoms with Crippen LogP contribution in [0, 0.1) is 0 Å². The monoisotopic (exact) mass is 246 g/mol. The fourth-order valence-corrected chi connectivity index (χ4v) is 4.20. The zero-order chi connectivity index (χ0) is 11.9. The van der Waals surface area contributed by atoms with E-state index in [1.165, 1.54) is 4.90 Å². The van der Waals surface area contributed by atoms with Gasteiger partial charge in [-0.2, -0.15) is 0 Å². The summed E-state index contributed by atoms with van der Waals surface area (Å²) < 4.78 is 22.9. The molecule has 16 heavy (non-hydrogen) atoms. The lowest BCUT2D eigenvalue weighted by molar-refractivity contribution is -0.141. The molecule has 0 aromatic carbocycles. The zero-order valence-corrected chi connectivity index (χ0v) is 9.79. The summed E-state index contributed by atoms with van der Waals surface area (Å²) in [5, 5.41) is 2.63. The molecule has 0 aromatic rings. The molecule has 0 bridgehead atoms. The van der Waals surface area contributed by atoms with Crippen molar-refractivity contribution >= 4 is 21.7 Å². The predicted octanol–water partition coefficient (Wildman–Crippen LogP) is -1.48. The summed E-state index contributed by atoms with van der Waals surface area (Å²) in [5.41, 5.74) is 0. The molecule has 2 atom stereocenters. The first-order valence-electron chi connectivity index (χ1n) is 5.22. The number of carbonyl (C=O) groups is 2. The van der Waals surface area contributed by atoms with E-state index in [4.69, 9.17) is 0 Å². The van der Waals surface area contributed by atoms with Crippen molar-refractivity contribution in [2.75, 3.05) is 18.1 Å². The molecule has 2 rings (SSSR count). The van der Waals surface area contributed by atoms with E-state index in [-0.39, 0.29) is 42.3 Å². The third-order valence-corrected chi connectivity index (χ3v) is 4.72. The number of carbonyl (C=O) groups excluding carboxylic acids is 2. The number of amides is 2. The average Bonchev–Trinajstić information content (AvgIpc) is 2.49. The molecule has 2 amide bonds. The second-order valence-electron chi connectivity index (χ2n) is 4.19. The number of hydrogen-bond donors (Lipinski definition) is 1. The fraction of sp³-hybridized carbons (Fsp3) is 0.778. The smallest absolute Gasteiger partial charge is 0.239 e. The molecule has 90 valence electrons. The molecule has 2 fully saturated rings. The SMILES string of the molecule is CCC(=O)N1CC(=O)N[C@@H]2CS(=O)(=O)C[C@H]21. The van der Waals surface area contributed by atoms with Crippen LogP contribution in [0.2, 0.25) is 0 Å². The molecule has 6 nitrogen and oxygen atoms in total. The van der Waals surface area contributed by atoms with Crippen molar-refractivity contribution in [3.63, 3.8) is 0 Å². The lowest BCUT2D eigenvalue weighted by atomic mass is 10.1. The Kier molecular flexibility index (Phi) is 2.65. The molecule has 0 spiro atoms. The molecule has 7 heteroatoms. The summed E-state index contributed by atoms with van der Waals surface area (Å²) >= 11 is 0. The van der Waals surface area contributed by atoms with Gasteiger partial charge in [-0.3, -0.25) is 9.59 Å². The maximum atomic E-state index is 11.6. The van der Waals surface area contributed by atoms with Gasteiger partial charge in [0, 0.05) is 6.42 Å². The molecule has 0 aliphatic carbocycles. The number of sulfone groups is 1. The molecule has 2 heterocycles. The van der Waals surface area contributed by atoms with Crippen LogP contribution in [-0.4, -0.2) is 55.3 Å². The Bertz CT molecular complexity index is 431.